The van der Waals surface area contributed by atoms with Gasteiger partial charge < -0.3 is 4.74 Å². The molecule has 0 N–H and O–H groups in total. The van der Waals surface area contributed by atoms with Crippen molar-refractivity contribution in [2.45, 2.75) is 18.9 Å². The number of ether oxygens (including phenoxy) is 1. The SMILES string of the molecule is O=CC1O[C@H](c2ccccc2)CN1Cc1ccc(-c2ccncc2)cc1. The van der Waals surface area contributed by atoms with E-state index in [9.17, 15) is 4.79 Å². The Hall–Kier alpha value is -2.82. The van der Waals surface area contributed by atoms with Gasteiger partial charge in [-0.25, -0.2) is 0 Å². The Bertz CT molecular complexity index is 850. The van der Waals surface area contributed by atoms with Crippen LogP contribution in [0.5, 0.6) is 0 Å². The van der Waals surface area contributed by atoms with Crippen molar-refractivity contribution in [3.05, 3.63) is 90.3 Å². The Balaban J connectivity index is 1.47. The highest BCUT2D eigenvalue weighted by atomic mass is 16.5. The molecule has 3 aromatic rings. The molecule has 1 fully saturated rings. The van der Waals surface area contributed by atoms with Crippen LogP contribution in [0.2, 0.25) is 0 Å². The fraction of sp³-hybridized carbons (Fsp3) is 0.182. The third-order valence-electron chi connectivity index (χ3n) is 4.70. The standard InChI is InChI=1S/C22H20N2O2/c25-16-22-24(15-21(26-22)20-4-2-1-3-5-20)14-17-6-8-18(9-7-17)19-10-12-23-13-11-19/h1-13,16,21-22H,14-15H2/t21-,22?/m0/s1. The van der Waals surface area contributed by atoms with Gasteiger partial charge in [0.1, 0.15) is 0 Å². The molecule has 0 spiro atoms. The van der Waals surface area contributed by atoms with E-state index in [1.807, 2.05) is 42.5 Å². The van der Waals surface area contributed by atoms with E-state index in [-0.39, 0.29) is 6.10 Å². The maximum atomic E-state index is 11.5. The summed E-state index contributed by atoms with van der Waals surface area (Å²) >= 11 is 0. The normalized spacial score (nSPS) is 20.2. The summed E-state index contributed by atoms with van der Waals surface area (Å²) in [4.78, 5) is 17.6. The Morgan fingerprint density at radius 2 is 1.65 bits per heavy atom. The van der Waals surface area contributed by atoms with Crippen molar-refractivity contribution in [1.29, 1.82) is 0 Å². The molecule has 4 heteroatoms. The molecule has 0 saturated carbocycles. The lowest BCUT2D eigenvalue weighted by Crippen LogP contribution is -2.30. The van der Waals surface area contributed by atoms with Crippen molar-refractivity contribution in [3.8, 4) is 11.1 Å². The van der Waals surface area contributed by atoms with E-state index in [1.54, 1.807) is 12.4 Å². The minimum Gasteiger partial charge on any atom is -0.347 e. The van der Waals surface area contributed by atoms with Crippen LogP contribution in [0.25, 0.3) is 11.1 Å². The first-order chi connectivity index (χ1) is 12.8. The summed E-state index contributed by atoms with van der Waals surface area (Å²) in [5.74, 6) is 0. The van der Waals surface area contributed by atoms with Crippen LogP contribution >= 0.6 is 0 Å². The number of pyridine rings is 1. The van der Waals surface area contributed by atoms with E-state index in [4.69, 9.17) is 4.74 Å². The van der Waals surface area contributed by atoms with Gasteiger partial charge >= 0.3 is 0 Å². The molecule has 130 valence electrons. The van der Waals surface area contributed by atoms with Gasteiger partial charge in [-0.15, -0.1) is 0 Å². The van der Waals surface area contributed by atoms with E-state index in [1.165, 1.54) is 0 Å². The van der Waals surface area contributed by atoms with Crippen molar-refractivity contribution >= 4 is 6.29 Å². The molecule has 1 aliphatic rings. The first kappa shape index (κ1) is 16.6. The van der Waals surface area contributed by atoms with Crippen LogP contribution < -0.4 is 0 Å². The van der Waals surface area contributed by atoms with Gasteiger partial charge in [0.25, 0.3) is 0 Å². The number of aromatic nitrogens is 1. The summed E-state index contributed by atoms with van der Waals surface area (Å²) in [5, 5.41) is 0. The number of carbonyl (C=O) groups excluding carboxylic acids is 1. The van der Waals surface area contributed by atoms with Gasteiger partial charge in [0.2, 0.25) is 0 Å². The molecular formula is C22H20N2O2. The molecule has 4 nitrogen and oxygen atoms in total. The molecule has 1 aromatic heterocycles. The van der Waals surface area contributed by atoms with Crippen LogP contribution in [-0.2, 0) is 16.1 Å². The van der Waals surface area contributed by atoms with Gasteiger partial charge in [0.15, 0.2) is 12.5 Å². The second kappa shape index (κ2) is 7.60. The topological polar surface area (TPSA) is 42.4 Å². The van der Waals surface area contributed by atoms with Crippen molar-refractivity contribution in [2.24, 2.45) is 0 Å². The number of carbonyl (C=O) groups is 1. The van der Waals surface area contributed by atoms with Crippen LogP contribution in [0, 0.1) is 0 Å². The molecule has 0 bridgehead atoms. The molecule has 26 heavy (non-hydrogen) atoms. The zero-order valence-corrected chi connectivity index (χ0v) is 14.4. The summed E-state index contributed by atoms with van der Waals surface area (Å²) in [6.07, 6.45) is 3.91. The largest absolute Gasteiger partial charge is 0.347 e. The molecule has 1 aliphatic heterocycles. The van der Waals surface area contributed by atoms with E-state index < -0.39 is 6.23 Å². The average molecular weight is 344 g/mol. The Morgan fingerprint density at radius 1 is 0.962 bits per heavy atom. The molecular weight excluding hydrogens is 324 g/mol. The number of hydrogen-bond acceptors (Lipinski definition) is 4. The van der Waals surface area contributed by atoms with Gasteiger partial charge in [-0.3, -0.25) is 14.7 Å². The van der Waals surface area contributed by atoms with E-state index in [0.29, 0.717) is 13.1 Å². The fourth-order valence-corrected chi connectivity index (χ4v) is 3.32. The van der Waals surface area contributed by atoms with Crippen molar-refractivity contribution in [2.75, 3.05) is 6.54 Å². The van der Waals surface area contributed by atoms with Crippen LogP contribution in [0.15, 0.2) is 79.1 Å². The van der Waals surface area contributed by atoms with Crippen molar-refractivity contribution < 1.29 is 9.53 Å². The Morgan fingerprint density at radius 3 is 2.35 bits per heavy atom. The van der Waals surface area contributed by atoms with E-state index >= 15 is 0 Å². The summed E-state index contributed by atoms with van der Waals surface area (Å²) in [6, 6.07) is 22.5. The third kappa shape index (κ3) is 3.57. The minimum absolute atomic E-state index is 0.0671. The minimum atomic E-state index is -0.500. The lowest BCUT2D eigenvalue weighted by molar-refractivity contribution is -0.123. The molecule has 0 amide bonds. The van der Waals surface area contributed by atoms with Gasteiger partial charge in [0, 0.05) is 25.5 Å². The fourth-order valence-electron chi connectivity index (χ4n) is 3.32. The number of nitrogens with zero attached hydrogens (tertiary/aromatic N) is 2. The summed E-state index contributed by atoms with van der Waals surface area (Å²) < 4.78 is 5.93. The van der Waals surface area contributed by atoms with E-state index in [0.717, 1.165) is 28.5 Å². The number of rotatable bonds is 5. The van der Waals surface area contributed by atoms with Gasteiger partial charge in [-0.05, 0) is 34.4 Å². The molecule has 0 aliphatic carbocycles. The number of hydrogen-bond donors (Lipinski definition) is 0. The maximum absolute atomic E-state index is 11.5. The highest BCUT2D eigenvalue weighted by molar-refractivity contribution is 5.63. The maximum Gasteiger partial charge on any atom is 0.168 e. The Kier molecular flexibility index (Phi) is 4.86. The lowest BCUT2D eigenvalue weighted by Gasteiger charge is -2.18. The molecule has 2 aromatic carbocycles. The van der Waals surface area contributed by atoms with Crippen LogP contribution in [0.4, 0.5) is 0 Å². The molecule has 1 unspecified atom stereocenters. The zero-order chi connectivity index (χ0) is 17.8. The van der Waals surface area contributed by atoms with Crippen LogP contribution in [0.3, 0.4) is 0 Å². The summed E-state index contributed by atoms with van der Waals surface area (Å²) in [5.41, 5.74) is 4.57. The highest BCUT2D eigenvalue weighted by Crippen LogP contribution is 2.29. The zero-order valence-electron chi connectivity index (χ0n) is 14.4. The summed E-state index contributed by atoms with van der Waals surface area (Å²) in [7, 11) is 0. The second-order valence-corrected chi connectivity index (χ2v) is 6.42. The molecule has 1 saturated heterocycles. The lowest BCUT2D eigenvalue weighted by atomic mass is 10.0. The second-order valence-electron chi connectivity index (χ2n) is 6.42. The summed E-state index contributed by atoms with van der Waals surface area (Å²) in [6.45, 7) is 1.39. The molecule has 0 radical (unpaired) electrons. The van der Waals surface area contributed by atoms with Gasteiger partial charge in [-0.1, -0.05) is 54.6 Å². The van der Waals surface area contributed by atoms with Crippen LogP contribution in [-0.4, -0.2) is 28.9 Å². The highest BCUT2D eigenvalue weighted by Gasteiger charge is 2.33. The predicted octanol–water partition coefficient (Wildman–Crippen LogP) is 3.85. The first-order valence-corrected chi connectivity index (χ1v) is 8.72. The predicted molar refractivity (Wildman–Crippen MR) is 100 cm³/mol. The van der Waals surface area contributed by atoms with E-state index in [2.05, 4.69) is 34.1 Å². The van der Waals surface area contributed by atoms with Crippen molar-refractivity contribution in [1.82, 2.24) is 9.88 Å². The van der Waals surface area contributed by atoms with Crippen LogP contribution in [0.1, 0.15) is 17.2 Å². The Labute approximate surface area is 153 Å². The third-order valence-corrected chi connectivity index (χ3v) is 4.70. The molecule has 4 rings (SSSR count). The number of aldehydes is 1. The van der Waals surface area contributed by atoms with Gasteiger partial charge in [-0.2, -0.15) is 0 Å². The number of benzene rings is 2. The quantitative estimate of drug-likeness (QED) is 0.660. The van der Waals surface area contributed by atoms with Crippen molar-refractivity contribution in [3.63, 3.8) is 0 Å². The molecule has 2 atom stereocenters. The van der Waals surface area contributed by atoms with Gasteiger partial charge in [0.05, 0.1) is 6.10 Å². The smallest absolute Gasteiger partial charge is 0.168 e. The first-order valence-electron chi connectivity index (χ1n) is 8.72. The monoisotopic (exact) mass is 344 g/mol. The average Bonchev–Trinajstić information content (AvgIpc) is 3.13. The molecule has 2 heterocycles.